The Morgan fingerprint density at radius 2 is 1.68 bits per heavy atom. The van der Waals surface area contributed by atoms with Crippen molar-refractivity contribution in [3.63, 3.8) is 0 Å². The van der Waals surface area contributed by atoms with Gasteiger partial charge in [0.2, 0.25) is 0 Å². The molecule has 1 heterocycles. The molecule has 0 aliphatic carbocycles. The number of nitrogens with zero attached hydrogens (tertiary/aromatic N) is 1. The summed E-state index contributed by atoms with van der Waals surface area (Å²) in [6, 6.07) is 23.3. The lowest BCUT2D eigenvalue weighted by atomic mass is 10.0. The summed E-state index contributed by atoms with van der Waals surface area (Å²) in [4.78, 5) is 24.4. The topological polar surface area (TPSA) is 114 Å². The third-order valence-electron chi connectivity index (χ3n) is 6.07. The summed E-state index contributed by atoms with van der Waals surface area (Å²) < 4.78 is 11.0. The van der Waals surface area contributed by atoms with E-state index in [0.29, 0.717) is 46.3 Å². The number of aromatic nitrogens is 1. The predicted molar refractivity (Wildman–Crippen MR) is 145 cm³/mol. The molecule has 0 saturated heterocycles. The molecule has 4 rings (SSSR count). The van der Waals surface area contributed by atoms with E-state index in [-0.39, 0.29) is 0 Å². The van der Waals surface area contributed by atoms with Crippen LogP contribution in [0.1, 0.15) is 35.4 Å². The van der Waals surface area contributed by atoms with E-state index < -0.39 is 24.2 Å². The Kier molecular flexibility index (Phi) is 8.78. The van der Waals surface area contributed by atoms with Gasteiger partial charge in [0.15, 0.2) is 5.76 Å². The molecule has 0 radical (unpaired) electrons. The number of aliphatic carboxylic acids is 1. The molecular formula is C29H28ClN3O5. The van der Waals surface area contributed by atoms with Gasteiger partial charge in [-0.25, -0.2) is 4.79 Å². The number of nitrogens with one attached hydrogen (secondary N) is 2. The van der Waals surface area contributed by atoms with Gasteiger partial charge in [-0.1, -0.05) is 89.6 Å². The Bertz CT molecular complexity index is 1390. The molecule has 8 nitrogen and oxygen atoms in total. The van der Waals surface area contributed by atoms with Gasteiger partial charge in [-0.15, -0.1) is 0 Å². The van der Waals surface area contributed by atoms with E-state index in [2.05, 4.69) is 15.8 Å². The molecule has 0 aliphatic rings. The monoisotopic (exact) mass is 533 g/mol. The van der Waals surface area contributed by atoms with Gasteiger partial charge in [0.05, 0.1) is 0 Å². The van der Waals surface area contributed by atoms with Crippen LogP contribution in [0.25, 0.3) is 11.3 Å². The molecule has 2 atom stereocenters. The molecule has 0 saturated carbocycles. The SMILES string of the molecule is Cc1noc(-c2ccc(CNC(Cc3ccccc3)C(=O)O)cc2)c1NC(=O)O[C@H](C)c1ccccc1Cl. The minimum Gasteiger partial charge on any atom is -0.480 e. The van der Waals surface area contributed by atoms with Gasteiger partial charge in [-0.2, -0.15) is 0 Å². The van der Waals surface area contributed by atoms with E-state index in [1.807, 2.05) is 66.7 Å². The van der Waals surface area contributed by atoms with Crippen LogP contribution in [-0.4, -0.2) is 28.4 Å². The van der Waals surface area contributed by atoms with Crippen molar-refractivity contribution in [2.24, 2.45) is 0 Å². The zero-order valence-electron chi connectivity index (χ0n) is 21.0. The first-order valence-corrected chi connectivity index (χ1v) is 12.5. The van der Waals surface area contributed by atoms with Gasteiger partial charge in [0, 0.05) is 22.7 Å². The van der Waals surface area contributed by atoms with Crippen LogP contribution in [-0.2, 0) is 22.5 Å². The lowest BCUT2D eigenvalue weighted by Crippen LogP contribution is -2.38. The zero-order chi connectivity index (χ0) is 27.1. The van der Waals surface area contributed by atoms with Crippen LogP contribution in [0.2, 0.25) is 5.02 Å². The van der Waals surface area contributed by atoms with Crippen molar-refractivity contribution in [3.8, 4) is 11.3 Å². The van der Waals surface area contributed by atoms with E-state index in [9.17, 15) is 14.7 Å². The Hall–Kier alpha value is -4.14. The number of anilines is 1. The summed E-state index contributed by atoms with van der Waals surface area (Å²) in [7, 11) is 0. The third-order valence-corrected chi connectivity index (χ3v) is 6.41. The average Bonchev–Trinajstić information content (AvgIpc) is 3.27. The van der Waals surface area contributed by atoms with E-state index in [0.717, 1.165) is 11.1 Å². The number of carbonyl (C=O) groups is 2. The van der Waals surface area contributed by atoms with Gasteiger partial charge in [0.25, 0.3) is 0 Å². The highest BCUT2D eigenvalue weighted by Crippen LogP contribution is 2.32. The zero-order valence-corrected chi connectivity index (χ0v) is 21.7. The number of ether oxygens (including phenoxy) is 1. The second kappa shape index (κ2) is 12.4. The van der Waals surface area contributed by atoms with E-state index >= 15 is 0 Å². The molecule has 3 aromatic carbocycles. The maximum Gasteiger partial charge on any atom is 0.412 e. The molecule has 3 N–H and O–H groups in total. The van der Waals surface area contributed by atoms with Crippen molar-refractivity contribution < 1.29 is 24.0 Å². The second-order valence-corrected chi connectivity index (χ2v) is 9.23. The quantitative estimate of drug-likeness (QED) is 0.216. The molecular weight excluding hydrogens is 506 g/mol. The number of benzene rings is 3. The summed E-state index contributed by atoms with van der Waals surface area (Å²) in [5, 5.41) is 19.9. The van der Waals surface area contributed by atoms with Crippen molar-refractivity contribution in [3.05, 3.63) is 106 Å². The summed E-state index contributed by atoms with van der Waals surface area (Å²) in [6.45, 7) is 3.83. The average molecular weight is 534 g/mol. The van der Waals surface area contributed by atoms with Gasteiger partial charge >= 0.3 is 12.1 Å². The second-order valence-electron chi connectivity index (χ2n) is 8.82. The minimum atomic E-state index is -0.908. The maximum absolute atomic E-state index is 12.6. The fourth-order valence-corrected chi connectivity index (χ4v) is 4.28. The molecule has 1 aromatic heterocycles. The number of carboxylic acid groups (broad SMARTS) is 1. The summed E-state index contributed by atoms with van der Waals surface area (Å²) >= 11 is 6.21. The number of hydrogen-bond donors (Lipinski definition) is 3. The molecule has 1 unspecified atom stereocenters. The van der Waals surface area contributed by atoms with Crippen LogP contribution in [0.5, 0.6) is 0 Å². The van der Waals surface area contributed by atoms with Crippen molar-refractivity contribution in [1.82, 2.24) is 10.5 Å². The molecule has 0 aliphatic heterocycles. The van der Waals surface area contributed by atoms with Gasteiger partial charge in [0.1, 0.15) is 23.5 Å². The van der Waals surface area contributed by atoms with Crippen LogP contribution in [0.3, 0.4) is 0 Å². The molecule has 38 heavy (non-hydrogen) atoms. The number of rotatable bonds is 10. The normalized spacial score (nSPS) is 12.5. The van der Waals surface area contributed by atoms with Gasteiger partial charge < -0.3 is 19.7 Å². The van der Waals surface area contributed by atoms with E-state index in [1.165, 1.54) is 0 Å². The Morgan fingerprint density at radius 3 is 2.37 bits per heavy atom. The standard InChI is InChI=1S/C29H28ClN3O5/c1-18-26(32-29(36)37-19(2)23-10-6-7-11-24(23)30)27(38-33-18)22-14-12-21(13-15-22)17-31-25(28(34)35)16-20-8-4-3-5-9-20/h3-15,19,25,31H,16-17H2,1-2H3,(H,32,36)(H,34,35)/t19-,25?/m1/s1. The fourth-order valence-electron chi connectivity index (χ4n) is 3.99. The van der Waals surface area contributed by atoms with Crippen molar-refractivity contribution in [2.45, 2.75) is 39.0 Å². The number of amides is 1. The Labute approximate surface area is 225 Å². The lowest BCUT2D eigenvalue weighted by molar-refractivity contribution is -0.139. The van der Waals surface area contributed by atoms with Crippen LogP contribution in [0, 0.1) is 6.92 Å². The number of aryl methyl sites for hydroxylation is 1. The van der Waals surface area contributed by atoms with E-state index in [4.69, 9.17) is 20.9 Å². The minimum absolute atomic E-state index is 0.372. The molecule has 196 valence electrons. The van der Waals surface area contributed by atoms with Crippen LogP contribution < -0.4 is 10.6 Å². The highest BCUT2D eigenvalue weighted by molar-refractivity contribution is 6.31. The van der Waals surface area contributed by atoms with Crippen molar-refractivity contribution in [2.75, 3.05) is 5.32 Å². The highest BCUT2D eigenvalue weighted by atomic mass is 35.5. The smallest absolute Gasteiger partial charge is 0.412 e. The van der Waals surface area contributed by atoms with Crippen molar-refractivity contribution >= 4 is 29.4 Å². The number of carboxylic acids is 1. The molecule has 0 fully saturated rings. The van der Waals surface area contributed by atoms with E-state index in [1.54, 1.807) is 26.0 Å². The van der Waals surface area contributed by atoms with Crippen LogP contribution in [0.4, 0.5) is 10.5 Å². The third kappa shape index (κ3) is 6.79. The molecule has 0 spiro atoms. The number of halogens is 1. The van der Waals surface area contributed by atoms with Gasteiger partial charge in [-0.3, -0.25) is 10.1 Å². The molecule has 1 amide bonds. The highest BCUT2D eigenvalue weighted by Gasteiger charge is 2.21. The molecule has 4 aromatic rings. The number of hydrogen-bond acceptors (Lipinski definition) is 6. The lowest BCUT2D eigenvalue weighted by Gasteiger charge is -2.16. The Morgan fingerprint density at radius 1 is 1.00 bits per heavy atom. The summed E-state index contributed by atoms with van der Waals surface area (Å²) in [5.41, 5.74) is 4.14. The first kappa shape index (κ1) is 26.9. The van der Waals surface area contributed by atoms with Crippen LogP contribution in [0.15, 0.2) is 83.4 Å². The summed E-state index contributed by atoms with van der Waals surface area (Å²) in [6.07, 6.45) is -0.842. The van der Waals surface area contributed by atoms with Crippen LogP contribution >= 0.6 is 11.6 Å². The molecule has 0 bridgehead atoms. The van der Waals surface area contributed by atoms with Crippen molar-refractivity contribution in [1.29, 1.82) is 0 Å². The predicted octanol–water partition coefficient (Wildman–Crippen LogP) is 6.40. The first-order valence-electron chi connectivity index (χ1n) is 12.1. The number of carbonyl (C=O) groups excluding carboxylic acids is 1. The van der Waals surface area contributed by atoms with Gasteiger partial charge in [-0.05, 0) is 37.5 Å². The first-order chi connectivity index (χ1) is 18.3. The largest absolute Gasteiger partial charge is 0.480 e. The maximum atomic E-state index is 12.6. The summed E-state index contributed by atoms with van der Waals surface area (Å²) in [5.74, 6) is -0.522. The Balaban J connectivity index is 1.40. The molecule has 9 heteroatoms. The fraction of sp³-hybridized carbons (Fsp3) is 0.207.